The highest BCUT2D eigenvalue weighted by atomic mass is 31.2. The van der Waals surface area contributed by atoms with Crippen molar-refractivity contribution in [3.05, 3.63) is 60.2 Å². The molecular weight excluding hydrogens is 289 g/mol. The smallest absolute Gasteiger partial charge is 0.386 e. The summed E-state index contributed by atoms with van der Waals surface area (Å²) in [5, 5.41) is 0. The van der Waals surface area contributed by atoms with Gasteiger partial charge in [-0.3, -0.25) is 4.52 Å². The first-order chi connectivity index (χ1) is 9.28. The average Bonchev–Trinajstić information content (AvgIpc) is 2.37. The van der Waals surface area contributed by atoms with E-state index in [0.29, 0.717) is 11.1 Å². The van der Waals surface area contributed by atoms with Crippen molar-refractivity contribution in [2.24, 2.45) is 0 Å². The Morgan fingerprint density at radius 1 is 0.950 bits per heavy atom. The van der Waals surface area contributed by atoms with E-state index in [-0.39, 0.29) is 0 Å². The van der Waals surface area contributed by atoms with Gasteiger partial charge in [0, 0.05) is 0 Å². The van der Waals surface area contributed by atoms with Crippen molar-refractivity contribution in [2.75, 3.05) is 0 Å². The number of phosphoric ester groups is 1. The molecule has 4 nitrogen and oxygen atoms in total. The average molecular weight is 298 g/mol. The van der Waals surface area contributed by atoms with Gasteiger partial charge < -0.3 is 14.4 Å². The lowest BCUT2D eigenvalue weighted by Gasteiger charge is -2.32. The molecule has 0 heterocycles. The minimum Gasteiger partial charge on any atom is -0.790 e. The van der Waals surface area contributed by atoms with E-state index in [1.54, 1.807) is 36.4 Å². The standard InChI is InChI=1S/C13H11F2O4P/c14-13(15,19-20(16,17)18)12-8-4-7-11(9-12)10-5-2-1-3-6-10/h1-9H,(H2,16,17,18)/p-2. The van der Waals surface area contributed by atoms with Gasteiger partial charge in [-0.25, -0.2) is 0 Å². The van der Waals surface area contributed by atoms with Crippen LogP contribution in [0.25, 0.3) is 11.1 Å². The zero-order chi connectivity index (χ0) is 14.8. The van der Waals surface area contributed by atoms with Crippen molar-refractivity contribution < 1.29 is 27.7 Å². The van der Waals surface area contributed by atoms with Crippen LogP contribution in [0.4, 0.5) is 8.78 Å². The van der Waals surface area contributed by atoms with Gasteiger partial charge >= 0.3 is 6.11 Å². The van der Waals surface area contributed by atoms with Crippen molar-refractivity contribution in [3.8, 4) is 11.1 Å². The molecule has 0 bridgehead atoms. The van der Waals surface area contributed by atoms with Crippen LogP contribution < -0.4 is 9.79 Å². The molecule has 0 atom stereocenters. The van der Waals surface area contributed by atoms with Gasteiger partial charge in [0.15, 0.2) is 0 Å². The van der Waals surface area contributed by atoms with Crippen molar-refractivity contribution in [2.45, 2.75) is 6.11 Å². The molecule has 0 fully saturated rings. The Morgan fingerprint density at radius 2 is 1.55 bits per heavy atom. The Morgan fingerprint density at radius 3 is 2.15 bits per heavy atom. The molecule has 0 unspecified atom stereocenters. The molecule has 0 amide bonds. The Kier molecular flexibility index (Phi) is 4.01. The molecule has 2 rings (SSSR count). The van der Waals surface area contributed by atoms with E-state index in [9.17, 15) is 23.1 Å². The lowest BCUT2D eigenvalue weighted by atomic mass is 10.0. The van der Waals surface area contributed by atoms with Gasteiger partial charge in [0.25, 0.3) is 0 Å². The summed E-state index contributed by atoms with van der Waals surface area (Å²) >= 11 is 0. The van der Waals surface area contributed by atoms with Gasteiger partial charge in [0.2, 0.25) is 0 Å². The highest BCUT2D eigenvalue weighted by Gasteiger charge is 2.34. The second kappa shape index (κ2) is 5.42. The van der Waals surface area contributed by atoms with E-state index < -0.39 is 19.5 Å². The van der Waals surface area contributed by atoms with Gasteiger partial charge in [-0.2, -0.15) is 8.78 Å². The van der Waals surface area contributed by atoms with Crippen LogP contribution >= 0.6 is 7.82 Å². The maximum absolute atomic E-state index is 13.6. The second-order valence-electron chi connectivity index (χ2n) is 4.00. The minimum absolute atomic E-state index is 0.456. The number of phosphoric acid groups is 1. The Labute approximate surface area is 113 Å². The number of benzene rings is 2. The van der Waals surface area contributed by atoms with E-state index >= 15 is 0 Å². The molecule has 2 aromatic carbocycles. The summed E-state index contributed by atoms with van der Waals surface area (Å²) in [6.45, 7) is 0. The fraction of sp³-hybridized carbons (Fsp3) is 0.0769. The zero-order valence-electron chi connectivity index (χ0n) is 10.0. The van der Waals surface area contributed by atoms with E-state index in [2.05, 4.69) is 4.52 Å². The number of hydrogen-bond acceptors (Lipinski definition) is 4. The molecule has 0 aliphatic heterocycles. The van der Waals surface area contributed by atoms with Crippen LogP contribution in [0.2, 0.25) is 0 Å². The van der Waals surface area contributed by atoms with Crippen LogP contribution in [0.5, 0.6) is 0 Å². The molecule has 0 aromatic heterocycles. The fourth-order valence-corrected chi connectivity index (χ4v) is 2.09. The molecule has 0 radical (unpaired) electrons. The second-order valence-corrected chi connectivity index (χ2v) is 5.08. The van der Waals surface area contributed by atoms with Crippen LogP contribution in [-0.4, -0.2) is 0 Å². The number of halogens is 2. The molecule has 0 N–H and O–H groups in total. The van der Waals surface area contributed by atoms with Crippen molar-refractivity contribution in [1.82, 2.24) is 0 Å². The summed E-state index contributed by atoms with van der Waals surface area (Å²) in [6, 6.07) is 13.6. The van der Waals surface area contributed by atoms with Gasteiger partial charge in [0.05, 0.1) is 13.4 Å². The Hall–Kier alpha value is -1.59. The number of rotatable bonds is 4. The normalized spacial score (nSPS) is 12.4. The summed E-state index contributed by atoms with van der Waals surface area (Å²) in [5.41, 5.74) is 0.432. The first-order valence-electron chi connectivity index (χ1n) is 5.54. The van der Waals surface area contributed by atoms with Crippen LogP contribution in [0.3, 0.4) is 0 Å². The highest BCUT2D eigenvalue weighted by molar-refractivity contribution is 7.43. The van der Waals surface area contributed by atoms with Crippen LogP contribution in [0, 0.1) is 0 Å². The van der Waals surface area contributed by atoms with Crippen LogP contribution in [-0.2, 0) is 15.2 Å². The summed E-state index contributed by atoms with van der Waals surface area (Å²) in [5.74, 6) is 0. The predicted molar refractivity (Wildman–Crippen MR) is 64.5 cm³/mol. The SMILES string of the molecule is O=P([O-])([O-])OC(F)(F)c1cccc(-c2ccccc2)c1. The van der Waals surface area contributed by atoms with Crippen molar-refractivity contribution in [3.63, 3.8) is 0 Å². The molecule has 0 saturated heterocycles. The largest absolute Gasteiger partial charge is 0.790 e. The molecule has 20 heavy (non-hydrogen) atoms. The third-order valence-corrected chi connectivity index (χ3v) is 2.99. The molecule has 0 aliphatic carbocycles. The summed E-state index contributed by atoms with van der Waals surface area (Å²) in [7, 11) is -5.79. The molecule has 106 valence electrons. The Bertz CT molecular complexity index is 640. The van der Waals surface area contributed by atoms with E-state index in [0.717, 1.165) is 12.1 Å². The first kappa shape index (κ1) is 14.8. The maximum Gasteiger partial charge on any atom is 0.386 e. The van der Waals surface area contributed by atoms with E-state index in [1.165, 1.54) is 6.07 Å². The predicted octanol–water partition coefficient (Wildman–Crippen LogP) is 2.25. The third-order valence-electron chi connectivity index (χ3n) is 2.53. The van der Waals surface area contributed by atoms with Crippen LogP contribution in [0.1, 0.15) is 5.56 Å². The van der Waals surface area contributed by atoms with E-state index in [1.807, 2.05) is 0 Å². The highest BCUT2D eigenvalue weighted by Crippen LogP contribution is 2.42. The molecule has 0 saturated carbocycles. The van der Waals surface area contributed by atoms with Gasteiger partial charge in [-0.1, -0.05) is 48.5 Å². The van der Waals surface area contributed by atoms with E-state index in [4.69, 9.17) is 0 Å². The molecular formula is C13H9F2O4P-2. The number of alkyl halides is 2. The first-order valence-corrected chi connectivity index (χ1v) is 7.01. The minimum atomic E-state index is -5.79. The molecule has 0 spiro atoms. The third kappa shape index (κ3) is 3.71. The Balaban J connectivity index is 2.37. The van der Waals surface area contributed by atoms with Crippen molar-refractivity contribution >= 4 is 7.82 Å². The lowest BCUT2D eigenvalue weighted by Crippen LogP contribution is -2.25. The molecule has 7 heteroatoms. The monoisotopic (exact) mass is 298 g/mol. The molecule has 2 aromatic rings. The summed E-state index contributed by atoms with van der Waals surface area (Å²) in [6.07, 6.45) is -4.19. The van der Waals surface area contributed by atoms with Crippen LogP contribution in [0.15, 0.2) is 54.6 Å². The molecule has 0 aliphatic rings. The lowest BCUT2D eigenvalue weighted by molar-refractivity contribution is -0.369. The van der Waals surface area contributed by atoms with Gasteiger partial charge in [0.1, 0.15) is 0 Å². The van der Waals surface area contributed by atoms with Gasteiger partial charge in [-0.15, -0.1) is 0 Å². The number of hydrogen-bond donors (Lipinski definition) is 0. The topological polar surface area (TPSA) is 72.4 Å². The maximum atomic E-state index is 13.6. The summed E-state index contributed by atoms with van der Waals surface area (Å²) in [4.78, 5) is 20.7. The summed E-state index contributed by atoms with van der Waals surface area (Å²) < 4.78 is 40.8. The van der Waals surface area contributed by atoms with Gasteiger partial charge in [-0.05, 0) is 17.2 Å². The quantitative estimate of drug-likeness (QED) is 0.811. The fourth-order valence-electron chi connectivity index (χ4n) is 1.70. The zero-order valence-corrected chi connectivity index (χ0v) is 10.9. The van der Waals surface area contributed by atoms with Crippen molar-refractivity contribution in [1.29, 1.82) is 0 Å².